The van der Waals surface area contributed by atoms with Crippen LogP contribution in [0.2, 0.25) is 0 Å². The number of carbonyl (C=O) groups is 1. The lowest BCUT2D eigenvalue weighted by Crippen LogP contribution is -2.18. The Balaban J connectivity index is 1.69. The predicted molar refractivity (Wildman–Crippen MR) is 96.8 cm³/mol. The molecule has 0 N–H and O–H groups in total. The molecule has 1 aliphatic heterocycles. The third kappa shape index (κ3) is 3.73. The second-order valence-corrected chi connectivity index (χ2v) is 7.03. The van der Waals surface area contributed by atoms with Gasteiger partial charge in [0.1, 0.15) is 5.75 Å². The Kier molecular flexibility index (Phi) is 5.41. The Bertz CT molecular complexity index is 732. The highest BCUT2D eigenvalue weighted by Crippen LogP contribution is 2.25. The third-order valence-electron chi connectivity index (χ3n) is 4.48. The van der Waals surface area contributed by atoms with Crippen molar-refractivity contribution in [1.82, 2.24) is 4.57 Å². The number of Topliss-reactive ketones (excluding diaryl/α,β-unsaturated/α-hetero) is 1. The standard InChI is InChI=1S/C19H22BrNO3/c1-13-10-16(14(2)21(13)11-15-6-5-9-23-15)18(22)12-24-19-8-4-3-7-17(19)20/h3-4,7-8,10,15H,5-6,9,11-12H2,1-2H3/t15-/m1/s1. The van der Waals surface area contributed by atoms with Gasteiger partial charge in [-0.1, -0.05) is 12.1 Å². The Morgan fingerprint density at radius 3 is 2.88 bits per heavy atom. The molecule has 1 fully saturated rings. The number of nitrogens with zero attached hydrogens (tertiary/aromatic N) is 1. The van der Waals surface area contributed by atoms with Gasteiger partial charge in [0, 0.05) is 30.1 Å². The quantitative estimate of drug-likeness (QED) is 0.688. The zero-order valence-corrected chi connectivity index (χ0v) is 15.6. The third-order valence-corrected chi connectivity index (χ3v) is 5.13. The topological polar surface area (TPSA) is 40.5 Å². The van der Waals surface area contributed by atoms with Crippen molar-refractivity contribution in [2.24, 2.45) is 0 Å². The maximum Gasteiger partial charge on any atom is 0.202 e. The lowest BCUT2D eigenvalue weighted by molar-refractivity contribution is 0.0914. The lowest BCUT2D eigenvalue weighted by Gasteiger charge is -2.15. The number of aryl methyl sites for hydroxylation is 1. The fourth-order valence-electron chi connectivity index (χ4n) is 3.14. The molecule has 0 unspecified atom stereocenters. The van der Waals surface area contributed by atoms with Crippen LogP contribution in [-0.4, -0.2) is 29.7 Å². The summed E-state index contributed by atoms with van der Waals surface area (Å²) in [7, 11) is 0. The van der Waals surface area contributed by atoms with E-state index in [4.69, 9.17) is 9.47 Å². The molecular weight excluding hydrogens is 370 g/mol. The number of carbonyl (C=O) groups excluding carboxylic acids is 1. The van der Waals surface area contributed by atoms with Gasteiger partial charge in [-0.15, -0.1) is 0 Å². The van der Waals surface area contributed by atoms with Crippen LogP contribution in [0.4, 0.5) is 0 Å². The van der Waals surface area contributed by atoms with Crippen LogP contribution in [0.15, 0.2) is 34.8 Å². The maximum atomic E-state index is 12.6. The first-order valence-corrected chi connectivity index (χ1v) is 9.04. The van der Waals surface area contributed by atoms with E-state index in [0.29, 0.717) is 5.75 Å². The van der Waals surface area contributed by atoms with Gasteiger partial charge >= 0.3 is 0 Å². The fourth-order valence-corrected chi connectivity index (χ4v) is 3.54. The van der Waals surface area contributed by atoms with Gasteiger partial charge in [-0.25, -0.2) is 0 Å². The monoisotopic (exact) mass is 391 g/mol. The van der Waals surface area contributed by atoms with Gasteiger partial charge < -0.3 is 14.0 Å². The summed E-state index contributed by atoms with van der Waals surface area (Å²) >= 11 is 3.43. The fraction of sp³-hybridized carbons (Fsp3) is 0.421. The van der Waals surface area contributed by atoms with Crippen molar-refractivity contribution in [3.63, 3.8) is 0 Å². The second-order valence-electron chi connectivity index (χ2n) is 6.17. The molecule has 5 heteroatoms. The van der Waals surface area contributed by atoms with Crippen molar-refractivity contribution >= 4 is 21.7 Å². The molecule has 0 amide bonds. The summed E-state index contributed by atoms with van der Waals surface area (Å²) in [6, 6.07) is 9.50. The first-order chi connectivity index (χ1) is 11.6. The summed E-state index contributed by atoms with van der Waals surface area (Å²) in [5, 5.41) is 0. The SMILES string of the molecule is Cc1cc(C(=O)COc2ccccc2Br)c(C)n1C[C@H]1CCCO1. The summed E-state index contributed by atoms with van der Waals surface area (Å²) in [6.45, 7) is 5.72. The Morgan fingerprint density at radius 2 is 2.17 bits per heavy atom. The molecule has 0 bridgehead atoms. The van der Waals surface area contributed by atoms with E-state index in [1.54, 1.807) is 0 Å². The summed E-state index contributed by atoms with van der Waals surface area (Å²) in [6.07, 6.45) is 2.47. The van der Waals surface area contributed by atoms with Gasteiger partial charge in [-0.3, -0.25) is 4.79 Å². The van der Waals surface area contributed by atoms with Crippen molar-refractivity contribution in [2.75, 3.05) is 13.2 Å². The van der Waals surface area contributed by atoms with Crippen LogP contribution in [0.5, 0.6) is 5.75 Å². The number of benzene rings is 1. The smallest absolute Gasteiger partial charge is 0.202 e. The van der Waals surface area contributed by atoms with Crippen LogP contribution in [0.3, 0.4) is 0 Å². The molecule has 0 spiro atoms. The number of ether oxygens (including phenoxy) is 2. The van der Waals surface area contributed by atoms with E-state index in [9.17, 15) is 4.79 Å². The molecule has 24 heavy (non-hydrogen) atoms. The van der Waals surface area contributed by atoms with Crippen molar-refractivity contribution in [2.45, 2.75) is 39.3 Å². The van der Waals surface area contributed by atoms with Crippen molar-refractivity contribution < 1.29 is 14.3 Å². The van der Waals surface area contributed by atoms with Crippen LogP contribution in [0.25, 0.3) is 0 Å². The average Bonchev–Trinajstić information content (AvgIpc) is 3.17. The van der Waals surface area contributed by atoms with Gasteiger partial charge in [0.2, 0.25) is 5.78 Å². The van der Waals surface area contributed by atoms with E-state index in [0.717, 1.165) is 47.4 Å². The average molecular weight is 392 g/mol. The molecule has 3 rings (SSSR count). The van der Waals surface area contributed by atoms with Gasteiger partial charge in [-0.2, -0.15) is 0 Å². The number of hydrogen-bond donors (Lipinski definition) is 0. The van der Waals surface area contributed by atoms with E-state index in [1.807, 2.05) is 44.2 Å². The van der Waals surface area contributed by atoms with Crippen molar-refractivity contribution in [3.05, 3.63) is 51.8 Å². The van der Waals surface area contributed by atoms with E-state index in [1.165, 1.54) is 0 Å². The van der Waals surface area contributed by atoms with E-state index >= 15 is 0 Å². The largest absolute Gasteiger partial charge is 0.484 e. The first kappa shape index (κ1) is 17.2. The van der Waals surface area contributed by atoms with Crippen LogP contribution < -0.4 is 4.74 Å². The minimum atomic E-state index is -0.00237. The van der Waals surface area contributed by atoms with Gasteiger partial charge in [0.15, 0.2) is 6.61 Å². The first-order valence-electron chi connectivity index (χ1n) is 8.25. The van der Waals surface area contributed by atoms with Crippen LogP contribution in [0, 0.1) is 13.8 Å². The molecule has 4 nitrogen and oxygen atoms in total. The number of aromatic nitrogens is 1. The van der Waals surface area contributed by atoms with Gasteiger partial charge in [0.25, 0.3) is 0 Å². The van der Waals surface area contributed by atoms with E-state index in [-0.39, 0.29) is 18.5 Å². The molecule has 0 saturated carbocycles. The molecule has 128 valence electrons. The highest BCUT2D eigenvalue weighted by atomic mass is 79.9. The Labute approximate surface area is 150 Å². The van der Waals surface area contributed by atoms with E-state index in [2.05, 4.69) is 20.5 Å². The van der Waals surface area contributed by atoms with Crippen LogP contribution in [-0.2, 0) is 11.3 Å². The minimum Gasteiger partial charge on any atom is -0.484 e. The molecule has 1 aromatic carbocycles. The van der Waals surface area contributed by atoms with Gasteiger partial charge in [-0.05, 0) is 60.8 Å². The molecule has 2 heterocycles. The lowest BCUT2D eigenvalue weighted by atomic mass is 10.1. The number of halogens is 1. The zero-order chi connectivity index (χ0) is 17.1. The van der Waals surface area contributed by atoms with Gasteiger partial charge in [0.05, 0.1) is 10.6 Å². The zero-order valence-electron chi connectivity index (χ0n) is 14.0. The normalized spacial score (nSPS) is 17.2. The van der Waals surface area contributed by atoms with Crippen LogP contribution >= 0.6 is 15.9 Å². The Hall–Kier alpha value is -1.59. The molecule has 1 aromatic heterocycles. The number of ketones is 1. The summed E-state index contributed by atoms with van der Waals surface area (Å²) in [5.41, 5.74) is 2.81. The summed E-state index contributed by atoms with van der Waals surface area (Å²) in [5.74, 6) is 0.677. The molecule has 1 atom stereocenters. The second kappa shape index (κ2) is 7.53. The predicted octanol–water partition coefficient (Wildman–Crippen LogP) is 4.31. The van der Waals surface area contributed by atoms with Crippen LogP contribution in [0.1, 0.15) is 34.6 Å². The number of hydrogen-bond acceptors (Lipinski definition) is 3. The summed E-state index contributed by atoms with van der Waals surface area (Å²) in [4.78, 5) is 12.6. The van der Waals surface area contributed by atoms with Crippen molar-refractivity contribution in [3.8, 4) is 5.75 Å². The molecule has 1 aliphatic rings. The summed E-state index contributed by atoms with van der Waals surface area (Å²) < 4.78 is 14.4. The number of rotatable bonds is 6. The molecule has 0 radical (unpaired) electrons. The van der Waals surface area contributed by atoms with Crippen molar-refractivity contribution in [1.29, 1.82) is 0 Å². The molecule has 1 saturated heterocycles. The Morgan fingerprint density at radius 1 is 1.38 bits per heavy atom. The molecular formula is C19H22BrNO3. The number of para-hydroxylation sites is 1. The highest BCUT2D eigenvalue weighted by molar-refractivity contribution is 9.10. The minimum absolute atomic E-state index is 0.00237. The van der Waals surface area contributed by atoms with E-state index < -0.39 is 0 Å². The highest BCUT2D eigenvalue weighted by Gasteiger charge is 2.21. The molecule has 2 aromatic rings. The maximum absolute atomic E-state index is 12.6. The molecule has 0 aliphatic carbocycles.